The van der Waals surface area contributed by atoms with Crippen LogP contribution in [0.4, 0.5) is 0 Å². The van der Waals surface area contributed by atoms with E-state index in [4.69, 9.17) is 5.11 Å². The van der Waals surface area contributed by atoms with E-state index in [1.807, 2.05) is 14.0 Å². The highest BCUT2D eigenvalue weighted by atomic mass is 32.1. The number of carboxylic acid groups (broad SMARTS) is 1. The Hall–Kier alpha value is -2.41. The Bertz CT molecular complexity index is 700. The van der Waals surface area contributed by atoms with E-state index in [9.17, 15) is 9.59 Å². The molecule has 0 spiro atoms. The molecule has 0 saturated heterocycles. The molecule has 0 aromatic carbocycles. The van der Waals surface area contributed by atoms with Gasteiger partial charge in [0.05, 0.1) is 11.1 Å². The lowest BCUT2D eigenvalue weighted by Crippen LogP contribution is -2.22. The Balaban J connectivity index is 2.06. The second-order valence-corrected chi connectivity index (χ2v) is 5.35. The van der Waals surface area contributed by atoms with Crippen molar-refractivity contribution in [2.75, 3.05) is 0 Å². The van der Waals surface area contributed by atoms with Gasteiger partial charge in [0.15, 0.2) is 0 Å². The number of carboxylic acids is 1. The van der Waals surface area contributed by atoms with E-state index in [-0.39, 0.29) is 5.91 Å². The van der Waals surface area contributed by atoms with Gasteiger partial charge in [-0.3, -0.25) is 9.48 Å². The van der Waals surface area contributed by atoms with Gasteiger partial charge in [-0.05, 0) is 30.0 Å². The third-order valence-corrected chi connectivity index (χ3v) is 4.01. The van der Waals surface area contributed by atoms with Crippen LogP contribution >= 0.6 is 11.3 Å². The predicted molar refractivity (Wildman–Crippen MR) is 80.1 cm³/mol. The van der Waals surface area contributed by atoms with E-state index in [0.29, 0.717) is 17.0 Å². The minimum atomic E-state index is -1.04. The van der Waals surface area contributed by atoms with Crippen LogP contribution in [0.3, 0.4) is 0 Å². The minimum absolute atomic E-state index is 0.224. The molecule has 1 amide bonds. The molecule has 0 aliphatic carbocycles. The van der Waals surface area contributed by atoms with Crippen LogP contribution in [0, 0.1) is 6.92 Å². The fourth-order valence-electron chi connectivity index (χ4n) is 1.77. The summed E-state index contributed by atoms with van der Waals surface area (Å²) in [7, 11) is 1.84. The number of nitrogens with zero attached hydrogens (tertiary/aromatic N) is 2. The molecule has 2 heterocycles. The average Bonchev–Trinajstić information content (AvgIpc) is 3.03. The van der Waals surface area contributed by atoms with E-state index in [0.717, 1.165) is 17.3 Å². The Labute approximate surface area is 125 Å². The SMILES string of the molecule is Cc1c(CNC(=O)c2sccc2/C=C/C(=O)O)cnn1C. The molecule has 0 fully saturated rings. The normalized spacial score (nSPS) is 11.0. The standard InChI is InChI=1S/C14H15N3O3S/c1-9-11(8-16-17(9)2)7-15-14(20)13-10(5-6-21-13)3-4-12(18)19/h3-6,8H,7H2,1-2H3,(H,15,20)(H,18,19)/b4-3+. The molecule has 0 saturated carbocycles. The van der Waals surface area contributed by atoms with Gasteiger partial charge >= 0.3 is 5.97 Å². The number of hydrogen-bond acceptors (Lipinski definition) is 4. The monoisotopic (exact) mass is 305 g/mol. The lowest BCUT2D eigenvalue weighted by atomic mass is 10.2. The van der Waals surface area contributed by atoms with Crippen molar-refractivity contribution in [3.63, 3.8) is 0 Å². The minimum Gasteiger partial charge on any atom is -0.478 e. The van der Waals surface area contributed by atoms with Crippen LogP contribution < -0.4 is 5.32 Å². The Kier molecular flexibility index (Phi) is 4.54. The number of aliphatic carboxylic acids is 1. The number of aryl methyl sites for hydroxylation is 1. The smallest absolute Gasteiger partial charge is 0.328 e. The molecule has 0 unspecified atom stereocenters. The fourth-order valence-corrected chi connectivity index (χ4v) is 2.57. The Morgan fingerprint density at radius 1 is 1.52 bits per heavy atom. The maximum Gasteiger partial charge on any atom is 0.328 e. The molecule has 2 aromatic heterocycles. The highest BCUT2D eigenvalue weighted by molar-refractivity contribution is 7.12. The third-order valence-electron chi connectivity index (χ3n) is 3.08. The zero-order valence-electron chi connectivity index (χ0n) is 11.7. The zero-order chi connectivity index (χ0) is 15.4. The summed E-state index contributed by atoms with van der Waals surface area (Å²) < 4.78 is 1.74. The quantitative estimate of drug-likeness (QED) is 0.825. The predicted octanol–water partition coefficient (Wildman–Crippen LogP) is 1.82. The molecular formula is C14H15N3O3S. The first-order valence-electron chi connectivity index (χ1n) is 6.23. The van der Waals surface area contributed by atoms with Crippen LogP contribution in [0.1, 0.15) is 26.5 Å². The van der Waals surface area contributed by atoms with Gasteiger partial charge in [-0.25, -0.2) is 4.79 Å². The number of hydrogen-bond donors (Lipinski definition) is 2. The van der Waals surface area contributed by atoms with E-state index in [1.165, 1.54) is 17.4 Å². The fraction of sp³-hybridized carbons (Fsp3) is 0.214. The molecule has 7 heteroatoms. The topological polar surface area (TPSA) is 84.2 Å². The van der Waals surface area contributed by atoms with E-state index in [2.05, 4.69) is 10.4 Å². The molecule has 2 aromatic rings. The summed E-state index contributed by atoms with van der Waals surface area (Å²) in [6, 6.07) is 1.72. The molecule has 6 nitrogen and oxygen atoms in total. The molecule has 110 valence electrons. The second-order valence-electron chi connectivity index (χ2n) is 4.44. The number of nitrogens with one attached hydrogen (secondary N) is 1. The third kappa shape index (κ3) is 3.57. The van der Waals surface area contributed by atoms with Gasteiger partial charge in [0.1, 0.15) is 0 Å². The number of rotatable bonds is 5. The van der Waals surface area contributed by atoms with Gasteiger partial charge in [-0.1, -0.05) is 0 Å². The molecule has 2 rings (SSSR count). The van der Waals surface area contributed by atoms with Crippen LogP contribution in [0.2, 0.25) is 0 Å². The molecule has 0 aliphatic rings. The lowest BCUT2D eigenvalue weighted by Gasteiger charge is -2.04. The summed E-state index contributed by atoms with van der Waals surface area (Å²) in [5, 5.41) is 17.3. The first-order chi connectivity index (χ1) is 9.99. The summed E-state index contributed by atoms with van der Waals surface area (Å²) in [4.78, 5) is 23.2. The summed E-state index contributed by atoms with van der Waals surface area (Å²) in [5.41, 5.74) is 2.54. The highest BCUT2D eigenvalue weighted by Gasteiger charge is 2.12. The van der Waals surface area contributed by atoms with E-state index >= 15 is 0 Å². The van der Waals surface area contributed by atoms with Crippen molar-refractivity contribution in [1.82, 2.24) is 15.1 Å². The van der Waals surface area contributed by atoms with Gasteiger partial charge in [0, 0.05) is 30.9 Å². The summed E-state index contributed by atoms with van der Waals surface area (Å²) in [6.07, 6.45) is 4.16. The highest BCUT2D eigenvalue weighted by Crippen LogP contribution is 2.18. The molecule has 0 aliphatic heterocycles. The van der Waals surface area contributed by atoms with Crippen LogP contribution in [0.25, 0.3) is 6.08 Å². The first-order valence-corrected chi connectivity index (χ1v) is 7.11. The van der Waals surface area contributed by atoms with Gasteiger partial charge < -0.3 is 10.4 Å². The second kappa shape index (κ2) is 6.36. The number of aromatic nitrogens is 2. The van der Waals surface area contributed by atoms with Gasteiger partial charge in [0.2, 0.25) is 0 Å². The molecule has 0 atom stereocenters. The zero-order valence-corrected chi connectivity index (χ0v) is 12.5. The Morgan fingerprint density at radius 2 is 2.29 bits per heavy atom. The molecule has 0 bridgehead atoms. The number of amides is 1. The molecule has 0 radical (unpaired) electrons. The van der Waals surface area contributed by atoms with Crippen molar-refractivity contribution < 1.29 is 14.7 Å². The van der Waals surface area contributed by atoms with Crippen molar-refractivity contribution in [2.45, 2.75) is 13.5 Å². The first kappa shape index (κ1) is 15.0. The van der Waals surface area contributed by atoms with Gasteiger partial charge in [-0.2, -0.15) is 5.10 Å². The molecular weight excluding hydrogens is 290 g/mol. The van der Waals surface area contributed by atoms with Gasteiger partial charge in [0.25, 0.3) is 5.91 Å². The van der Waals surface area contributed by atoms with E-state index in [1.54, 1.807) is 22.3 Å². The van der Waals surface area contributed by atoms with Crippen molar-refractivity contribution in [3.8, 4) is 0 Å². The summed E-state index contributed by atoms with van der Waals surface area (Å²) >= 11 is 1.28. The summed E-state index contributed by atoms with van der Waals surface area (Å²) in [5.74, 6) is -1.27. The van der Waals surface area contributed by atoms with Crippen LogP contribution in [-0.2, 0) is 18.4 Å². The van der Waals surface area contributed by atoms with Crippen molar-refractivity contribution in [3.05, 3.63) is 45.4 Å². The number of carbonyl (C=O) groups is 2. The van der Waals surface area contributed by atoms with Crippen LogP contribution in [-0.4, -0.2) is 26.8 Å². The van der Waals surface area contributed by atoms with Crippen molar-refractivity contribution >= 4 is 29.3 Å². The maximum atomic E-state index is 12.2. The van der Waals surface area contributed by atoms with Crippen molar-refractivity contribution in [2.24, 2.45) is 7.05 Å². The van der Waals surface area contributed by atoms with Crippen molar-refractivity contribution in [1.29, 1.82) is 0 Å². The largest absolute Gasteiger partial charge is 0.478 e. The number of carbonyl (C=O) groups excluding carboxylic acids is 1. The van der Waals surface area contributed by atoms with Crippen LogP contribution in [0.5, 0.6) is 0 Å². The maximum absolute atomic E-state index is 12.2. The summed E-state index contributed by atoms with van der Waals surface area (Å²) in [6.45, 7) is 2.32. The van der Waals surface area contributed by atoms with E-state index < -0.39 is 5.97 Å². The Morgan fingerprint density at radius 3 is 2.90 bits per heavy atom. The molecule has 21 heavy (non-hydrogen) atoms. The lowest BCUT2D eigenvalue weighted by molar-refractivity contribution is -0.131. The van der Waals surface area contributed by atoms with Gasteiger partial charge in [-0.15, -0.1) is 11.3 Å². The average molecular weight is 305 g/mol. The molecule has 2 N–H and O–H groups in total. The number of thiophene rings is 1. The van der Waals surface area contributed by atoms with Crippen LogP contribution in [0.15, 0.2) is 23.7 Å².